The van der Waals surface area contributed by atoms with Gasteiger partial charge in [-0.1, -0.05) is 24.3 Å². The number of benzene rings is 2. The van der Waals surface area contributed by atoms with Crippen LogP contribution in [0.25, 0.3) is 0 Å². The second kappa shape index (κ2) is 10.5. The first-order valence-electron chi connectivity index (χ1n) is 10.1. The fraction of sp³-hybridized carbons (Fsp3) is 0.375. The van der Waals surface area contributed by atoms with Gasteiger partial charge < -0.3 is 14.8 Å². The van der Waals surface area contributed by atoms with Crippen LogP contribution >= 0.6 is 0 Å². The molecule has 0 heterocycles. The third-order valence-electron chi connectivity index (χ3n) is 4.50. The van der Waals surface area contributed by atoms with E-state index in [2.05, 4.69) is 5.32 Å². The second-order valence-electron chi connectivity index (χ2n) is 8.42. The quantitative estimate of drug-likeness (QED) is 0.623. The molecule has 0 aliphatic heterocycles. The van der Waals surface area contributed by atoms with Gasteiger partial charge in [-0.05, 0) is 56.2 Å². The summed E-state index contributed by atoms with van der Waals surface area (Å²) in [5.41, 5.74) is -0.0785. The monoisotopic (exact) mass is 465 g/mol. The highest BCUT2D eigenvalue weighted by Crippen LogP contribution is 2.29. The summed E-state index contributed by atoms with van der Waals surface area (Å²) in [6, 6.07) is 9.59. The Morgan fingerprint density at radius 3 is 1.94 bits per heavy atom. The number of nitrogens with one attached hydrogen (secondary N) is 1. The van der Waals surface area contributed by atoms with Gasteiger partial charge in [0, 0.05) is 6.42 Å². The van der Waals surface area contributed by atoms with Crippen molar-refractivity contribution < 1.29 is 37.0 Å². The molecule has 0 aliphatic rings. The summed E-state index contributed by atoms with van der Waals surface area (Å²) < 4.78 is 48.1. The lowest BCUT2D eigenvalue weighted by atomic mass is 10.0. The molecule has 0 aromatic heterocycles. The summed E-state index contributed by atoms with van der Waals surface area (Å²) in [6.07, 6.45) is -4.57. The maximum absolute atomic E-state index is 12.7. The summed E-state index contributed by atoms with van der Waals surface area (Å²) in [5, 5.41) is 2.55. The van der Waals surface area contributed by atoms with Crippen molar-refractivity contribution in [2.75, 3.05) is 7.11 Å². The van der Waals surface area contributed by atoms with Gasteiger partial charge in [0.15, 0.2) is 0 Å². The molecule has 1 atom stereocenters. The summed E-state index contributed by atoms with van der Waals surface area (Å²) >= 11 is 0. The Bertz CT molecular complexity index is 977. The molecule has 0 radical (unpaired) electrons. The van der Waals surface area contributed by atoms with Crippen molar-refractivity contribution in [3.63, 3.8) is 0 Å². The Morgan fingerprint density at radius 1 is 0.909 bits per heavy atom. The highest BCUT2D eigenvalue weighted by molar-refractivity contribution is 5.90. The Morgan fingerprint density at radius 2 is 1.45 bits per heavy atom. The maximum atomic E-state index is 12.7. The van der Waals surface area contributed by atoms with Gasteiger partial charge in [-0.15, -0.1) is 0 Å². The lowest BCUT2D eigenvalue weighted by Crippen LogP contribution is -2.43. The van der Waals surface area contributed by atoms with E-state index in [-0.39, 0.29) is 12.8 Å². The standard InChI is InChI=1S/C24H26F3NO5/c1-23(2,3)33-21(30)17-9-5-15(6-10-17)13-19(22(31)32-4)28-20(29)14-16-7-11-18(12-8-16)24(25,26)27/h5-12,19H,13-14H2,1-4H3,(H,28,29)/t19-/m0/s1. The first-order chi connectivity index (χ1) is 15.3. The molecule has 0 spiro atoms. The van der Waals surface area contributed by atoms with Crippen molar-refractivity contribution in [3.05, 3.63) is 70.8 Å². The third kappa shape index (κ3) is 8.25. The van der Waals surface area contributed by atoms with Crippen LogP contribution in [0.3, 0.4) is 0 Å². The van der Waals surface area contributed by atoms with Crippen LogP contribution in [0, 0.1) is 0 Å². The van der Waals surface area contributed by atoms with Crippen LogP contribution in [0.4, 0.5) is 13.2 Å². The van der Waals surface area contributed by atoms with Crippen LogP contribution in [0.5, 0.6) is 0 Å². The Labute approximate surface area is 190 Å². The molecule has 2 rings (SSSR count). The van der Waals surface area contributed by atoms with Gasteiger partial charge in [-0.3, -0.25) is 4.79 Å². The molecule has 0 aliphatic carbocycles. The summed E-state index contributed by atoms with van der Waals surface area (Å²) in [6.45, 7) is 5.27. The van der Waals surface area contributed by atoms with E-state index in [1.165, 1.54) is 19.2 Å². The van der Waals surface area contributed by atoms with Gasteiger partial charge in [0.2, 0.25) is 5.91 Å². The zero-order valence-electron chi connectivity index (χ0n) is 18.8. The van der Waals surface area contributed by atoms with Crippen LogP contribution in [0.15, 0.2) is 48.5 Å². The van der Waals surface area contributed by atoms with E-state index in [1.54, 1.807) is 45.0 Å². The lowest BCUT2D eigenvalue weighted by Gasteiger charge is -2.20. The molecular weight excluding hydrogens is 439 g/mol. The largest absolute Gasteiger partial charge is 0.467 e. The van der Waals surface area contributed by atoms with Crippen molar-refractivity contribution in [1.82, 2.24) is 5.32 Å². The minimum atomic E-state index is -4.46. The average molecular weight is 465 g/mol. The molecule has 0 bridgehead atoms. The van der Waals surface area contributed by atoms with E-state index >= 15 is 0 Å². The van der Waals surface area contributed by atoms with Crippen molar-refractivity contribution in [2.24, 2.45) is 0 Å². The Hall–Kier alpha value is -3.36. The number of methoxy groups -OCH3 is 1. The van der Waals surface area contributed by atoms with E-state index in [0.29, 0.717) is 16.7 Å². The van der Waals surface area contributed by atoms with Crippen molar-refractivity contribution in [3.8, 4) is 0 Å². The van der Waals surface area contributed by atoms with Gasteiger partial charge in [-0.25, -0.2) is 9.59 Å². The molecule has 0 fully saturated rings. The van der Waals surface area contributed by atoms with Gasteiger partial charge in [0.25, 0.3) is 0 Å². The highest BCUT2D eigenvalue weighted by Gasteiger charge is 2.30. The van der Waals surface area contributed by atoms with E-state index in [0.717, 1.165) is 12.1 Å². The zero-order chi connectivity index (χ0) is 24.8. The summed E-state index contributed by atoms with van der Waals surface area (Å²) in [4.78, 5) is 36.7. The third-order valence-corrected chi connectivity index (χ3v) is 4.50. The smallest absolute Gasteiger partial charge is 0.416 e. The van der Waals surface area contributed by atoms with E-state index < -0.39 is 41.2 Å². The predicted octanol–water partition coefficient (Wildman–Crippen LogP) is 4.10. The van der Waals surface area contributed by atoms with Crippen LogP contribution in [0.2, 0.25) is 0 Å². The number of carbonyl (C=O) groups is 3. The molecule has 1 amide bonds. The number of carbonyl (C=O) groups excluding carboxylic acids is 3. The number of rotatable bonds is 7. The molecule has 6 nitrogen and oxygen atoms in total. The number of alkyl halides is 3. The number of amides is 1. The summed E-state index contributed by atoms with van der Waals surface area (Å²) in [7, 11) is 1.18. The number of ether oxygens (including phenoxy) is 2. The first kappa shape index (κ1) is 25.9. The zero-order valence-corrected chi connectivity index (χ0v) is 18.8. The molecule has 9 heteroatoms. The van der Waals surface area contributed by atoms with Gasteiger partial charge in [0.05, 0.1) is 24.7 Å². The summed E-state index contributed by atoms with van der Waals surface area (Å²) in [5.74, 6) is -1.70. The number of hydrogen-bond acceptors (Lipinski definition) is 5. The second-order valence-corrected chi connectivity index (χ2v) is 8.42. The molecule has 0 saturated carbocycles. The van der Waals surface area contributed by atoms with Crippen LogP contribution in [-0.2, 0) is 38.1 Å². The van der Waals surface area contributed by atoms with Crippen molar-refractivity contribution >= 4 is 17.8 Å². The Kier molecular flexibility index (Phi) is 8.24. The highest BCUT2D eigenvalue weighted by atomic mass is 19.4. The SMILES string of the molecule is COC(=O)[C@H](Cc1ccc(C(=O)OC(C)(C)C)cc1)NC(=O)Cc1ccc(C(F)(F)F)cc1. The van der Waals surface area contributed by atoms with Gasteiger partial charge in [0.1, 0.15) is 11.6 Å². The molecule has 2 aromatic rings. The van der Waals surface area contributed by atoms with Crippen molar-refractivity contribution in [1.29, 1.82) is 0 Å². The van der Waals surface area contributed by atoms with Crippen molar-refractivity contribution in [2.45, 2.75) is 51.4 Å². The number of hydrogen-bond donors (Lipinski definition) is 1. The van der Waals surface area contributed by atoms with E-state index in [9.17, 15) is 27.6 Å². The average Bonchev–Trinajstić information content (AvgIpc) is 2.71. The normalized spacial score (nSPS) is 12.6. The molecule has 0 saturated heterocycles. The predicted molar refractivity (Wildman–Crippen MR) is 114 cm³/mol. The van der Waals surface area contributed by atoms with Crippen LogP contribution < -0.4 is 5.32 Å². The van der Waals surface area contributed by atoms with Gasteiger partial charge in [-0.2, -0.15) is 13.2 Å². The fourth-order valence-electron chi connectivity index (χ4n) is 2.93. The van der Waals surface area contributed by atoms with Crippen LogP contribution in [-0.4, -0.2) is 36.6 Å². The Balaban J connectivity index is 2.04. The van der Waals surface area contributed by atoms with Crippen LogP contribution in [0.1, 0.15) is 47.8 Å². The lowest BCUT2D eigenvalue weighted by molar-refractivity contribution is -0.145. The molecule has 178 valence electrons. The molecular formula is C24H26F3NO5. The molecule has 33 heavy (non-hydrogen) atoms. The first-order valence-corrected chi connectivity index (χ1v) is 10.1. The van der Waals surface area contributed by atoms with E-state index in [4.69, 9.17) is 9.47 Å². The van der Waals surface area contributed by atoms with E-state index in [1.807, 2.05) is 0 Å². The number of halogens is 3. The topological polar surface area (TPSA) is 81.7 Å². The molecule has 1 N–H and O–H groups in total. The maximum Gasteiger partial charge on any atom is 0.416 e. The molecule has 2 aromatic carbocycles. The number of esters is 2. The minimum absolute atomic E-state index is 0.0972. The fourth-order valence-corrected chi connectivity index (χ4v) is 2.93. The minimum Gasteiger partial charge on any atom is -0.467 e. The molecule has 0 unspecified atom stereocenters. The van der Waals surface area contributed by atoms with Gasteiger partial charge >= 0.3 is 18.1 Å².